The third-order valence-electron chi connectivity index (χ3n) is 3.10. The second-order valence-electron chi connectivity index (χ2n) is 5.49. The smallest absolute Gasteiger partial charge is 0.329 e. The minimum atomic E-state index is -3.98. The highest BCUT2D eigenvalue weighted by Gasteiger charge is 2.13. The van der Waals surface area contributed by atoms with E-state index in [-0.39, 0.29) is 6.16 Å². The van der Waals surface area contributed by atoms with Crippen molar-refractivity contribution in [3.05, 3.63) is 29.8 Å². The van der Waals surface area contributed by atoms with Crippen LogP contribution in [0.25, 0.3) is 0 Å². The first-order chi connectivity index (χ1) is 12.3. The lowest BCUT2D eigenvalue weighted by atomic mass is 10.2. The Hall–Kier alpha value is -0.680. The van der Waals surface area contributed by atoms with Crippen molar-refractivity contribution in [3.8, 4) is 5.75 Å². The first kappa shape index (κ1) is 25.3. The lowest BCUT2D eigenvalue weighted by molar-refractivity contribution is 0.243. The van der Waals surface area contributed by atoms with E-state index in [1.54, 1.807) is 38.1 Å². The van der Waals surface area contributed by atoms with Gasteiger partial charge in [-0.2, -0.15) is 0 Å². The molecule has 0 bridgehead atoms. The lowest BCUT2D eigenvalue weighted by Gasteiger charge is -2.07. The average molecular weight is 410 g/mol. The second-order valence-corrected chi connectivity index (χ2v) is 8.21. The van der Waals surface area contributed by atoms with Gasteiger partial charge in [-0.1, -0.05) is 38.3 Å². The first-order valence-electron chi connectivity index (χ1n) is 8.88. The van der Waals surface area contributed by atoms with Gasteiger partial charge >= 0.3 is 15.9 Å². The summed E-state index contributed by atoms with van der Waals surface area (Å²) in [6.07, 6.45) is 4.43. The zero-order valence-electron chi connectivity index (χ0n) is 15.8. The van der Waals surface area contributed by atoms with Crippen LogP contribution in [0.4, 0.5) is 0 Å². The van der Waals surface area contributed by atoms with Crippen LogP contribution in [0.1, 0.15) is 52.0 Å². The van der Waals surface area contributed by atoms with Gasteiger partial charge in [-0.05, 0) is 38.0 Å². The van der Waals surface area contributed by atoms with E-state index in [0.717, 1.165) is 12.2 Å². The van der Waals surface area contributed by atoms with Gasteiger partial charge < -0.3 is 23.6 Å². The fourth-order valence-corrected chi connectivity index (χ4v) is 3.17. The molecular weight excluding hydrogens is 378 g/mol. The topological polar surface area (TPSA) is 102 Å². The second kappa shape index (κ2) is 15.4. The molecule has 152 valence electrons. The summed E-state index contributed by atoms with van der Waals surface area (Å²) >= 11 is 0. The molecule has 0 atom stereocenters. The maximum Gasteiger partial charge on any atom is 0.329 e. The average Bonchev–Trinajstić information content (AvgIpc) is 2.56. The first-order valence-corrected chi connectivity index (χ1v) is 11.9. The molecule has 0 amide bonds. The Balaban J connectivity index is 0.000000660. The molecule has 0 heterocycles. The van der Waals surface area contributed by atoms with Crippen LogP contribution in [-0.4, -0.2) is 29.6 Å². The third-order valence-corrected chi connectivity index (χ3v) is 4.93. The van der Waals surface area contributed by atoms with E-state index in [1.807, 2.05) is 0 Å². The van der Waals surface area contributed by atoms with Crippen LogP contribution in [0.15, 0.2) is 24.3 Å². The van der Waals surface area contributed by atoms with Crippen molar-refractivity contribution in [1.82, 2.24) is 0 Å². The van der Waals surface area contributed by atoms with Crippen molar-refractivity contribution in [1.29, 1.82) is 0 Å². The molecule has 7 nitrogen and oxygen atoms in total. The predicted molar refractivity (Wildman–Crippen MR) is 104 cm³/mol. The molecule has 1 aromatic rings. The van der Waals surface area contributed by atoms with Crippen LogP contribution in [0.2, 0.25) is 0 Å². The Morgan fingerprint density at radius 3 is 2.00 bits per heavy atom. The number of hydrogen-bond acceptors (Lipinski definition) is 5. The van der Waals surface area contributed by atoms with E-state index < -0.39 is 15.9 Å². The molecule has 1 rings (SSSR count). The molecule has 2 N–H and O–H groups in total. The van der Waals surface area contributed by atoms with Crippen LogP contribution < -0.4 is 4.74 Å². The van der Waals surface area contributed by atoms with Crippen LogP contribution in [0.5, 0.6) is 5.75 Å². The highest BCUT2D eigenvalue weighted by molar-refractivity contribution is 7.50. The third kappa shape index (κ3) is 15.6. The molecule has 0 fully saturated rings. The van der Waals surface area contributed by atoms with Gasteiger partial charge in [-0.25, -0.2) is 0 Å². The van der Waals surface area contributed by atoms with Crippen molar-refractivity contribution in [2.45, 2.75) is 52.6 Å². The molecule has 1 aromatic carbocycles. The van der Waals surface area contributed by atoms with Gasteiger partial charge in [0.2, 0.25) is 0 Å². The van der Waals surface area contributed by atoms with Crippen LogP contribution >= 0.6 is 15.9 Å². The summed E-state index contributed by atoms with van der Waals surface area (Å²) in [5.41, 5.74) is 0.627. The van der Waals surface area contributed by atoms with E-state index >= 15 is 0 Å². The molecule has 0 unspecified atom stereocenters. The van der Waals surface area contributed by atoms with Crippen LogP contribution in [0, 0.1) is 0 Å². The van der Waals surface area contributed by atoms with Crippen molar-refractivity contribution in [2.75, 3.05) is 19.8 Å². The molecule has 0 aliphatic heterocycles. The van der Waals surface area contributed by atoms with Gasteiger partial charge in [-0.15, -0.1) is 0 Å². The van der Waals surface area contributed by atoms with E-state index in [0.29, 0.717) is 25.4 Å². The van der Waals surface area contributed by atoms with Crippen molar-refractivity contribution < 1.29 is 32.7 Å². The zero-order valence-corrected chi connectivity index (χ0v) is 17.7. The number of benzene rings is 1. The molecule has 0 saturated carbocycles. The minimum Gasteiger partial charge on any atom is -0.494 e. The SMILES string of the molecule is CCCCCCOc1ccc(CP(=O)(O)O)cc1.CCO[PH](=O)OCC. The molecule has 0 aliphatic carbocycles. The summed E-state index contributed by atoms with van der Waals surface area (Å²) in [5.74, 6) is 0.751. The Morgan fingerprint density at radius 1 is 0.962 bits per heavy atom. The number of hydrogen-bond donors (Lipinski definition) is 2. The molecule has 0 aromatic heterocycles. The van der Waals surface area contributed by atoms with Crippen LogP contribution in [0.3, 0.4) is 0 Å². The van der Waals surface area contributed by atoms with Crippen LogP contribution in [-0.2, 0) is 24.3 Å². The molecule has 0 aliphatic rings. The molecule has 9 heteroatoms. The lowest BCUT2D eigenvalue weighted by Crippen LogP contribution is -1.97. The summed E-state index contributed by atoms with van der Waals surface area (Å²) in [6.45, 7) is 7.33. The van der Waals surface area contributed by atoms with Gasteiger partial charge in [0.1, 0.15) is 5.75 Å². The number of ether oxygens (including phenoxy) is 1. The Labute approximate surface area is 157 Å². The van der Waals surface area contributed by atoms with Gasteiger partial charge in [0.15, 0.2) is 0 Å². The molecular formula is C17H32O7P2. The number of rotatable bonds is 12. The van der Waals surface area contributed by atoms with E-state index in [2.05, 4.69) is 16.0 Å². The summed E-state index contributed by atoms with van der Waals surface area (Å²) in [5, 5.41) is 0. The van der Waals surface area contributed by atoms with Gasteiger partial charge in [0.05, 0.1) is 26.0 Å². The van der Waals surface area contributed by atoms with Gasteiger partial charge in [0, 0.05) is 0 Å². The molecule has 0 radical (unpaired) electrons. The van der Waals surface area contributed by atoms with E-state index in [4.69, 9.17) is 14.5 Å². The summed E-state index contributed by atoms with van der Waals surface area (Å²) in [6, 6.07) is 6.90. The Kier molecular flexibility index (Phi) is 15.0. The largest absolute Gasteiger partial charge is 0.494 e. The maximum atomic E-state index is 10.8. The van der Waals surface area contributed by atoms with Crippen molar-refractivity contribution >= 4 is 15.9 Å². The predicted octanol–water partition coefficient (Wildman–Crippen LogP) is 4.77. The Morgan fingerprint density at radius 2 is 1.54 bits per heavy atom. The molecule has 0 saturated heterocycles. The van der Waals surface area contributed by atoms with E-state index in [9.17, 15) is 9.13 Å². The van der Waals surface area contributed by atoms with Gasteiger partial charge in [-0.3, -0.25) is 9.13 Å². The minimum absolute atomic E-state index is 0.218. The highest BCUT2D eigenvalue weighted by Crippen LogP contribution is 2.39. The normalized spacial score (nSPS) is 11.2. The summed E-state index contributed by atoms with van der Waals surface area (Å²) < 4.78 is 36.0. The van der Waals surface area contributed by atoms with Crippen molar-refractivity contribution in [3.63, 3.8) is 0 Å². The Bertz CT molecular complexity index is 520. The molecule has 26 heavy (non-hydrogen) atoms. The highest BCUT2D eigenvalue weighted by atomic mass is 31.2. The monoisotopic (exact) mass is 410 g/mol. The molecule has 0 spiro atoms. The summed E-state index contributed by atoms with van der Waals surface area (Å²) in [4.78, 5) is 17.7. The maximum absolute atomic E-state index is 10.8. The fraction of sp³-hybridized carbons (Fsp3) is 0.647. The standard InChI is InChI=1S/C13H21O4P.C4H11O3P/c1-2-3-4-5-10-17-13-8-6-12(7-9-13)11-18(14,15)16;1-3-6-8(5)7-4-2/h6-9H,2-5,10-11H2,1H3,(H2,14,15,16);8H,3-4H2,1-2H3. The summed E-state index contributed by atoms with van der Waals surface area (Å²) in [7, 11) is -6.12. The number of unbranched alkanes of at least 4 members (excludes halogenated alkanes) is 3. The quantitative estimate of drug-likeness (QED) is 0.378. The zero-order chi connectivity index (χ0) is 19.8. The fourth-order valence-electron chi connectivity index (χ4n) is 1.93. The van der Waals surface area contributed by atoms with Crippen molar-refractivity contribution in [2.24, 2.45) is 0 Å². The van der Waals surface area contributed by atoms with Gasteiger partial charge in [0.25, 0.3) is 0 Å². The van der Waals surface area contributed by atoms with E-state index in [1.165, 1.54) is 19.3 Å².